The van der Waals surface area contributed by atoms with Gasteiger partial charge in [-0.3, -0.25) is 9.35 Å². The third kappa shape index (κ3) is 2.50. The number of hydrogen-bond acceptors (Lipinski definition) is 4. The molecule has 0 radical (unpaired) electrons. The Balaban J connectivity index is 2.40. The van der Waals surface area contributed by atoms with Crippen LogP contribution in [0.4, 0.5) is 5.69 Å². The maximum atomic E-state index is 12.2. The Hall–Kier alpha value is -1.99. The van der Waals surface area contributed by atoms with E-state index in [0.717, 1.165) is 5.57 Å². The van der Waals surface area contributed by atoms with Crippen LogP contribution in [0.25, 0.3) is 0 Å². The molecule has 6 nitrogen and oxygen atoms in total. The Morgan fingerprint density at radius 1 is 1.20 bits per heavy atom. The zero-order valence-electron chi connectivity index (χ0n) is 11.3. The fourth-order valence-corrected chi connectivity index (χ4v) is 2.50. The van der Waals surface area contributed by atoms with E-state index in [1.165, 1.54) is 29.3 Å². The largest absolute Gasteiger partial charge is 0.294 e. The average Bonchev–Trinajstić information content (AvgIpc) is 2.64. The van der Waals surface area contributed by atoms with Crippen LogP contribution in [0.2, 0.25) is 0 Å². The molecule has 0 saturated heterocycles. The molecule has 0 bridgehead atoms. The summed E-state index contributed by atoms with van der Waals surface area (Å²) >= 11 is 0. The number of benzene rings is 1. The van der Waals surface area contributed by atoms with Crippen LogP contribution in [0.15, 0.2) is 45.4 Å². The Morgan fingerprint density at radius 2 is 1.75 bits per heavy atom. The third-order valence-corrected chi connectivity index (χ3v) is 3.77. The lowest BCUT2D eigenvalue weighted by molar-refractivity contribution is -0.114. The molecule has 1 aliphatic rings. The van der Waals surface area contributed by atoms with E-state index >= 15 is 0 Å². The van der Waals surface area contributed by atoms with E-state index in [1.54, 1.807) is 6.92 Å². The lowest BCUT2D eigenvalue weighted by atomic mass is 10.1. The molecular formula is C13H14N2O4S. The molecule has 0 atom stereocenters. The molecule has 20 heavy (non-hydrogen) atoms. The predicted octanol–water partition coefficient (Wildman–Crippen LogP) is 1.99. The molecule has 1 aliphatic heterocycles. The van der Waals surface area contributed by atoms with Crippen LogP contribution in [0, 0.1) is 0 Å². The minimum atomic E-state index is -4.24. The summed E-state index contributed by atoms with van der Waals surface area (Å²) in [6.07, 6.45) is 0. The molecule has 1 heterocycles. The van der Waals surface area contributed by atoms with E-state index in [0.29, 0.717) is 17.0 Å². The monoisotopic (exact) mass is 294 g/mol. The van der Waals surface area contributed by atoms with Crippen molar-refractivity contribution in [3.05, 3.63) is 35.4 Å². The second-order valence-electron chi connectivity index (χ2n) is 4.65. The number of anilines is 1. The van der Waals surface area contributed by atoms with Crippen molar-refractivity contribution in [2.45, 2.75) is 25.7 Å². The standard InChI is InChI=1S/C13H14N2O4S/c1-8(2)12-9(3)14-15(13(12)16)10-4-6-11(7-5-10)20(17,18)19/h4-7H,1-3H3,(H,17,18,19). The van der Waals surface area contributed by atoms with E-state index in [2.05, 4.69) is 5.10 Å². The van der Waals surface area contributed by atoms with Crippen molar-refractivity contribution in [2.75, 3.05) is 5.01 Å². The van der Waals surface area contributed by atoms with Gasteiger partial charge in [0.2, 0.25) is 0 Å². The minimum Gasteiger partial charge on any atom is -0.282 e. The van der Waals surface area contributed by atoms with Crippen LogP contribution in [0.3, 0.4) is 0 Å². The van der Waals surface area contributed by atoms with Gasteiger partial charge in [-0.15, -0.1) is 0 Å². The number of allylic oxidation sites excluding steroid dienone is 1. The molecule has 7 heteroatoms. The minimum absolute atomic E-state index is 0.226. The summed E-state index contributed by atoms with van der Waals surface area (Å²) in [5, 5.41) is 5.38. The Kier molecular flexibility index (Phi) is 3.49. The summed E-state index contributed by atoms with van der Waals surface area (Å²) in [6, 6.07) is 5.30. The number of carbonyl (C=O) groups is 1. The summed E-state index contributed by atoms with van der Waals surface area (Å²) in [7, 11) is -4.24. The first-order valence-corrected chi connectivity index (χ1v) is 7.31. The molecule has 0 saturated carbocycles. The SMILES string of the molecule is CC1=NN(c2ccc(S(=O)(=O)O)cc2)C(=O)C1=C(C)C. The van der Waals surface area contributed by atoms with Crippen molar-refractivity contribution in [1.29, 1.82) is 0 Å². The third-order valence-electron chi connectivity index (χ3n) is 2.90. The van der Waals surface area contributed by atoms with Gasteiger partial charge >= 0.3 is 0 Å². The van der Waals surface area contributed by atoms with E-state index in [-0.39, 0.29) is 10.8 Å². The van der Waals surface area contributed by atoms with E-state index in [1.807, 2.05) is 13.8 Å². The van der Waals surface area contributed by atoms with Gasteiger partial charge in [-0.2, -0.15) is 18.5 Å². The number of hydrogen-bond donors (Lipinski definition) is 1. The van der Waals surface area contributed by atoms with Gasteiger partial charge in [0.05, 0.1) is 21.9 Å². The molecule has 0 aliphatic carbocycles. The fraction of sp³-hybridized carbons (Fsp3) is 0.231. The van der Waals surface area contributed by atoms with Gasteiger partial charge in [-0.05, 0) is 45.0 Å². The first-order valence-electron chi connectivity index (χ1n) is 5.87. The first kappa shape index (κ1) is 14.4. The summed E-state index contributed by atoms with van der Waals surface area (Å²) in [5.41, 5.74) is 2.49. The van der Waals surface area contributed by atoms with Gasteiger partial charge in [-0.1, -0.05) is 5.57 Å². The molecule has 1 aromatic rings. The molecule has 1 aromatic carbocycles. The van der Waals surface area contributed by atoms with E-state index in [9.17, 15) is 13.2 Å². The molecule has 0 unspecified atom stereocenters. The average molecular weight is 294 g/mol. The van der Waals surface area contributed by atoms with E-state index < -0.39 is 10.1 Å². The van der Waals surface area contributed by atoms with Crippen LogP contribution in [0.1, 0.15) is 20.8 Å². The number of amides is 1. The molecule has 0 fully saturated rings. The zero-order chi connectivity index (χ0) is 15.1. The van der Waals surface area contributed by atoms with Crippen molar-refractivity contribution in [3.8, 4) is 0 Å². The van der Waals surface area contributed by atoms with Crippen molar-refractivity contribution in [1.82, 2.24) is 0 Å². The summed E-state index contributed by atoms with van der Waals surface area (Å²) < 4.78 is 30.8. The Morgan fingerprint density at radius 3 is 2.15 bits per heavy atom. The normalized spacial score (nSPS) is 15.6. The van der Waals surface area contributed by atoms with Gasteiger partial charge in [0.15, 0.2) is 0 Å². The van der Waals surface area contributed by atoms with Crippen molar-refractivity contribution < 1.29 is 17.8 Å². The second kappa shape index (κ2) is 4.84. The highest BCUT2D eigenvalue weighted by Crippen LogP contribution is 2.26. The quantitative estimate of drug-likeness (QED) is 0.667. The number of rotatable bonds is 2. The Bertz CT molecular complexity index is 726. The Labute approximate surface area is 117 Å². The lowest BCUT2D eigenvalue weighted by Gasteiger charge is -2.12. The van der Waals surface area contributed by atoms with Gasteiger partial charge in [0, 0.05) is 0 Å². The number of hydrazone groups is 1. The van der Waals surface area contributed by atoms with Gasteiger partial charge in [-0.25, -0.2) is 0 Å². The van der Waals surface area contributed by atoms with Crippen LogP contribution in [-0.4, -0.2) is 24.6 Å². The fourth-order valence-electron chi connectivity index (χ4n) is 2.02. The molecule has 106 valence electrons. The molecular weight excluding hydrogens is 280 g/mol. The van der Waals surface area contributed by atoms with Crippen molar-refractivity contribution in [3.63, 3.8) is 0 Å². The van der Waals surface area contributed by atoms with Crippen LogP contribution >= 0.6 is 0 Å². The summed E-state index contributed by atoms with van der Waals surface area (Å²) in [6.45, 7) is 5.40. The van der Waals surface area contributed by atoms with Crippen LogP contribution < -0.4 is 5.01 Å². The predicted molar refractivity (Wildman–Crippen MR) is 75.2 cm³/mol. The molecule has 0 spiro atoms. The van der Waals surface area contributed by atoms with Crippen molar-refractivity contribution >= 4 is 27.4 Å². The molecule has 1 amide bonds. The highest BCUT2D eigenvalue weighted by molar-refractivity contribution is 7.85. The van der Waals surface area contributed by atoms with Crippen molar-refractivity contribution in [2.24, 2.45) is 5.10 Å². The zero-order valence-corrected chi connectivity index (χ0v) is 12.1. The molecule has 0 aromatic heterocycles. The summed E-state index contributed by atoms with van der Waals surface area (Å²) in [4.78, 5) is 12.0. The van der Waals surface area contributed by atoms with Gasteiger partial charge < -0.3 is 0 Å². The highest BCUT2D eigenvalue weighted by atomic mass is 32.2. The smallest absolute Gasteiger partial charge is 0.282 e. The maximum Gasteiger partial charge on any atom is 0.294 e. The summed E-state index contributed by atoms with van der Waals surface area (Å²) in [5.74, 6) is -0.248. The second-order valence-corrected chi connectivity index (χ2v) is 6.07. The van der Waals surface area contributed by atoms with Gasteiger partial charge in [0.1, 0.15) is 0 Å². The maximum absolute atomic E-state index is 12.2. The topological polar surface area (TPSA) is 87.0 Å². The van der Waals surface area contributed by atoms with Crippen LogP contribution in [0.5, 0.6) is 0 Å². The molecule has 1 N–H and O–H groups in total. The lowest BCUT2D eigenvalue weighted by Crippen LogP contribution is -2.21. The highest BCUT2D eigenvalue weighted by Gasteiger charge is 2.29. The molecule has 2 rings (SSSR count). The number of nitrogens with zero attached hydrogens (tertiary/aromatic N) is 2. The van der Waals surface area contributed by atoms with Crippen LogP contribution in [-0.2, 0) is 14.9 Å². The number of carbonyl (C=O) groups excluding carboxylic acids is 1. The first-order chi connectivity index (χ1) is 9.21. The van der Waals surface area contributed by atoms with E-state index in [4.69, 9.17) is 4.55 Å². The van der Waals surface area contributed by atoms with Gasteiger partial charge in [0.25, 0.3) is 16.0 Å².